The summed E-state index contributed by atoms with van der Waals surface area (Å²) in [6, 6.07) is 12.2. The third-order valence-corrected chi connectivity index (χ3v) is 6.06. The van der Waals surface area contributed by atoms with Crippen molar-refractivity contribution in [1.82, 2.24) is 14.8 Å². The second kappa shape index (κ2) is 14.0. The van der Waals surface area contributed by atoms with Crippen LogP contribution in [0, 0.1) is 11.8 Å². The lowest BCUT2D eigenvalue weighted by atomic mass is 9.88. The minimum atomic E-state index is -5.08. The van der Waals surface area contributed by atoms with Gasteiger partial charge in [-0.15, -0.1) is 0 Å². The highest BCUT2D eigenvalue weighted by Crippen LogP contribution is 2.33. The second-order valence-corrected chi connectivity index (χ2v) is 8.92. The van der Waals surface area contributed by atoms with Crippen LogP contribution in [-0.2, 0) is 27.5 Å². The maximum absolute atomic E-state index is 13.0. The van der Waals surface area contributed by atoms with Gasteiger partial charge in [-0.1, -0.05) is 18.2 Å². The molecule has 0 bridgehead atoms. The van der Waals surface area contributed by atoms with Crippen LogP contribution < -0.4 is 4.74 Å². The van der Waals surface area contributed by atoms with E-state index >= 15 is 0 Å². The first-order chi connectivity index (χ1) is 18.6. The summed E-state index contributed by atoms with van der Waals surface area (Å²) < 4.78 is 68.7. The van der Waals surface area contributed by atoms with Gasteiger partial charge in [-0.3, -0.25) is 14.7 Å². The van der Waals surface area contributed by atoms with Crippen LogP contribution in [0.3, 0.4) is 0 Å². The molecular weight excluding hydrogens is 552 g/mol. The summed E-state index contributed by atoms with van der Waals surface area (Å²) >= 11 is 0. The lowest BCUT2D eigenvalue weighted by molar-refractivity contribution is -0.193. The Bertz CT molecular complexity index is 1100. The number of hydrogen-bond acceptors (Lipinski definition) is 6. The molecule has 2 N–H and O–H groups in total. The molecule has 0 saturated carbocycles. The van der Waals surface area contributed by atoms with E-state index in [1.807, 2.05) is 35.4 Å². The standard InChI is InChI=1S/C21H25N3O2.2C2HF3O2/c1-26-19-6-4-16(5-7-19)12-23-14-18-8-10-24(21(25)20(18)15-23)13-17-3-2-9-22-11-17;2*3-2(4,5)1(6)7/h2-7,9,11,18,20H,8,10,12-15H2,1H3;2*(H,6,7)/t18-,20-;;/m0../s1. The molecule has 0 unspecified atom stereocenters. The van der Waals surface area contributed by atoms with Gasteiger partial charge in [-0.2, -0.15) is 26.3 Å². The quantitative estimate of drug-likeness (QED) is 0.513. The number of ether oxygens (including phenoxy) is 1. The number of pyridine rings is 1. The van der Waals surface area contributed by atoms with Crippen LogP contribution in [0.15, 0.2) is 48.8 Å². The summed E-state index contributed by atoms with van der Waals surface area (Å²) in [7, 11) is 1.68. The first-order valence-corrected chi connectivity index (χ1v) is 11.7. The molecule has 2 aliphatic heterocycles. The third kappa shape index (κ3) is 10.0. The van der Waals surface area contributed by atoms with E-state index in [0.29, 0.717) is 18.4 Å². The van der Waals surface area contributed by atoms with Crippen molar-refractivity contribution in [3.63, 3.8) is 0 Å². The molecule has 3 heterocycles. The van der Waals surface area contributed by atoms with Crippen molar-refractivity contribution in [3.8, 4) is 5.75 Å². The largest absolute Gasteiger partial charge is 0.497 e. The monoisotopic (exact) mass is 579 g/mol. The van der Waals surface area contributed by atoms with Crippen molar-refractivity contribution >= 4 is 17.8 Å². The fourth-order valence-electron chi connectivity index (χ4n) is 4.19. The SMILES string of the molecule is COc1ccc(CN2C[C@@H]3CCN(Cc4cccnc4)C(=O)[C@H]3C2)cc1.O=C(O)C(F)(F)F.O=C(O)C(F)(F)F. The number of alkyl halides is 6. The van der Waals surface area contributed by atoms with Crippen molar-refractivity contribution in [1.29, 1.82) is 0 Å². The summed E-state index contributed by atoms with van der Waals surface area (Å²) in [4.78, 5) is 39.3. The van der Waals surface area contributed by atoms with E-state index in [0.717, 1.165) is 43.9 Å². The number of hydrogen-bond donors (Lipinski definition) is 2. The van der Waals surface area contributed by atoms with Crippen molar-refractivity contribution < 1.29 is 55.7 Å². The highest BCUT2D eigenvalue weighted by molar-refractivity contribution is 5.80. The van der Waals surface area contributed by atoms with E-state index in [-0.39, 0.29) is 5.92 Å². The number of aliphatic carboxylic acids is 2. The molecule has 2 fully saturated rings. The molecule has 0 aliphatic carbocycles. The lowest BCUT2D eigenvalue weighted by Crippen LogP contribution is -2.44. The minimum Gasteiger partial charge on any atom is -0.497 e. The number of rotatable bonds is 5. The summed E-state index contributed by atoms with van der Waals surface area (Å²) in [6.07, 6.45) is -5.45. The van der Waals surface area contributed by atoms with Crippen LogP contribution in [0.1, 0.15) is 17.5 Å². The van der Waals surface area contributed by atoms with E-state index in [2.05, 4.69) is 22.0 Å². The second-order valence-electron chi connectivity index (χ2n) is 8.92. The van der Waals surface area contributed by atoms with Gasteiger partial charge in [-0.05, 0) is 41.7 Å². The molecule has 40 heavy (non-hydrogen) atoms. The Morgan fingerprint density at radius 2 is 1.52 bits per heavy atom. The van der Waals surface area contributed by atoms with Crippen LogP contribution in [0.5, 0.6) is 5.75 Å². The molecule has 2 aromatic rings. The van der Waals surface area contributed by atoms with Crippen molar-refractivity contribution in [3.05, 3.63) is 59.9 Å². The van der Waals surface area contributed by atoms with Gasteiger partial charge in [0.05, 0.1) is 13.0 Å². The highest BCUT2D eigenvalue weighted by Gasteiger charge is 2.42. The maximum atomic E-state index is 13.0. The molecule has 2 saturated heterocycles. The number of amides is 1. The topological polar surface area (TPSA) is 120 Å². The Hall–Kier alpha value is -3.88. The molecule has 2 atom stereocenters. The number of carboxylic acid groups (broad SMARTS) is 2. The van der Waals surface area contributed by atoms with E-state index in [4.69, 9.17) is 24.5 Å². The van der Waals surface area contributed by atoms with E-state index in [1.165, 1.54) is 5.56 Å². The molecule has 220 valence electrons. The number of carboxylic acids is 2. The summed E-state index contributed by atoms with van der Waals surface area (Å²) in [5.41, 5.74) is 2.37. The molecule has 1 aromatic carbocycles. The fourth-order valence-corrected chi connectivity index (χ4v) is 4.19. The van der Waals surface area contributed by atoms with E-state index in [9.17, 15) is 31.1 Å². The van der Waals surface area contributed by atoms with Gasteiger partial charge in [0.25, 0.3) is 0 Å². The predicted molar refractivity (Wildman–Crippen MR) is 127 cm³/mol. The smallest absolute Gasteiger partial charge is 0.490 e. The van der Waals surface area contributed by atoms with Crippen molar-refractivity contribution in [2.24, 2.45) is 11.8 Å². The summed E-state index contributed by atoms with van der Waals surface area (Å²) in [6.45, 7) is 4.30. The molecule has 4 rings (SSSR count). The van der Waals surface area contributed by atoms with Crippen LogP contribution in [-0.4, -0.2) is 81.9 Å². The van der Waals surface area contributed by atoms with Crippen LogP contribution >= 0.6 is 0 Å². The number of nitrogens with zero attached hydrogens (tertiary/aromatic N) is 3. The van der Waals surface area contributed by atoms with Gasteiger partial charge in [0.15, 0.2) is 0 Å². The van der Waals surface area contributed by atoms with Crippen molar-refractivity contribution in [2.45, 2.75) is 31.9 Å². The number of methoxy groups -OCH3 is 1. The van der Waals surface area contributed by atoms with E-state index < -0.39 is 24.3 Å². The van der Waals surface area contributed by atoms with E-state index in [1.54, 1.807) is 13.3 Å². The first-order valence-electron chi connectivity index (χ1n) is 11.7. The zero-order valence-electron chi connectivity index (χ0n) is 21.2. The number of aromatic nitrogens is 1. The van der Waals surface area contributed by atoms with Crippen LogP contribution in [0.4, 0.5) is 26.3 Å². The molecule has 9 nitrogen and oxygen atoms in total. The Morgan fingerprint density at radius 1 is 0.950 bits per heavy atom. The van der Waals surface area contributed by atoms with Gasteiger partial charge >= 0.3 is 24.3 Å². The Kier molecular flexibility index (Phi) is 11.3. The Labute approximate surface area is 225 Å². The maximum Gasteiger partial charge on any atom is 0.490 e. The van der Waals surface area contributed by atoms with Gasteiger partial charge in [0, 0.05) is 45.1 Å². The average Bonchev–Trinajstić information content (AvgIpc) is 3.30. The van der Waals surface area contributed by atoms with Crippen molar-refractivity contribution in [2.75, 3.05) is 26.7 Å². The number of halogens is 6. The van der Waals surface area contributed by atoms with Crippen LogP contribution in [0.25, 0.3) is 0 Å². The fraction of sp³-hybridized carbons (Fsp3) is 0.440. The summed E-state index contributed by atoms with van der Waals surface area (Å²) in [5.74, 6) is -3.70. The minimum absolute atomic E-state index is 0.138. The highest BCUT2D eigenvalue weighted by atomic mass is 19.4. The van der Waals surface area contributed by atoms with Gasteiger partial charge in [0.2, 0.25) is 5.91 Å². The number of carbonyl (C=O) groups is 3. The molecule has 0 spiro atoms. The molecule has 15 heteroatoms. The molecular formula is C25H27F6N3O6. The van der Waals surface area contributed by atoms with Gasteiger partial charge < -0.3 is 19.8 Å². The summed E-state index contributed by atoms with van der Waals surface area (Å²) in [5, 5.41) is 14.2. The zero-order valence-corrected chi connectivity index (χ0v) is 21.2. The number of carbonyl (C=O) groups excluding carboxylic acids is 1. The first kappa shape index (κ1) is 32.3. The average molecular weight is 579 g/mol. The van der Waals surface area contributed by atoms with Gasteiger partial charge in [0.1, 0.15) is 5.75 Å². The molecule has 1 amide bonds. The molecule has 2 aliphatic rings. The van der Waals surface area contributed by atoms with Crippen LogP contribution in [0.2, 0.25) is 0 Å². The lowest BCUT2D eigenvalue weighted by Gasteiger charge is -2.33. The number of benzene rings is 1. The Morgan fingerprint density at radius 3 is 2.00 bits per heavy atom. The number of piperidine rings is 1. The van der Waals surface area contributed by atoms with Gasteiger partial charge in [-0.25, -0.2) is 9.59 Å². The predicted octanol–water partition coefficient (Wildman–Crippen LogP) is 3.84. The third-order valence-electron chi connectivity index (χ3n) is 6.06. The number of likely N-dealkylation sites (tertiary alicyclic amines) is 2. The molecule has 1 aromatic heterocycles. The zero-order chi connectivity index (χ0) is 30.1. The Balaban J connectivity index is 0.000000333. The normalized spacial score (nSPS) is 19.0. The number of fused-ring (bicyclic) bond motifs is 1. The molecule has 0 radical (unpaired) electrons.